The number of hydrogen-bond acceptors (Lipinski definition) is 4. The molecule has 2 aromatic rings. The Bertz CT molecular complexity index is 792. The molecule has 0 spiro atoms. The molecule has 0 unspecified atom stereocenters. The smallest absolute Gasteiger partial charge is 0.414 e. The van der Waals surface area contributed by atoms with Gasteiger partial charge in [-0.3, -0.25) is 0 Å². The number of hydrogen-bond donors (Lipinski definition) is 0. The first-order valence-corrected chi connectivity index (χ1v) is 8.25. The van der Waals surface area contributed by atoms with E-state index in [2.05, 4.69) is 11.7 Å². The predicted molar refractivity (Wildman–Crippen MR) is 97.5 cm³/mol. The van der Waals surface area contributed by atoms with E-state index in [1.807, 2.05) is 29.9 Å². The van der Waals surface area contributed by atoms with Gasteiger partial charge in [-0.15, -0.1) is 0 Å². The summed E-state index contributed by atoms with van der Waals surface area (Å²) in [6.45, 7) is 2.72. The summed E-state index contributed by atoms with van der Waals surface area (Å²) in [4.78, 5) is 25.2. The van der Waals surface area contributed by atoms with Gasteiger partial charge < -0.3 is 18.9 Å². The van der Waals surface area contributed by atoms with Gasteiger partial charge in [0.1, 0.15) is 5.75 Å². The first kappa shape index (κ1) is 18.6. The van der Waals surface area contributed by atoms with Crippen LogP contribution in [0, 0.1) is 0 Å². The van der Waals surface area contributed by atoms with E-state index >= 15 is 0 Å². The second kappa shape index (κ2) is 8.37. The monoisotopic (exact) mass is 344 g/mol. The Labute approximate surface area is 147 Å². The third kappa shape index (κ3) is 4.41. The second-order valence-corrected chi connectivity index (χ2v) is 5.85. The fraction of sp³-hybridized carbons (Fsp3) is 0.368. The molecule has 0 aliphatic carbocycles. The highest BCUT2D eigenvalue weighted by molar-refractivity contribution is 5.98. The minimum atomic E-state index is -0.439. The molecule has 1 aromatic heterocycles. The standard InChI is InChI=1S/C19H24N2O4/c1-5-6-12-20(2)19(23)25-16-9-7-8-15-18(16)14(13-21(15)3)10-11-17(22)24-4/h7-11,13H,5-6,12H2,1-4H3/b11-10+. The molecular weight excluding hydrogens is 320 g/mol. The van der Waals surface area contributed by atoms with Gasteiger partial charge in [-0.2, -0.15) is 0 Å². The molecule has 0 radical (unpaired) electrons. The van der Waals surface area contributed by atoms with E-state index in [1.54, 1.807) is 24.1 Å². The van der Waals surface area contributed by atoms with Crippen molar-refractivity contribution in [3.8, 4) is 5.75 Å². The average Bonchev–Trinajstić information content (AvgIpc) is 2.94. The lowest BCUT2D eigenvalue weighted by molar-refractivity contribution is -0.134. The van der Waals surface area contributed by atoms with Crippen LogP contribution in [0.4, 0.5) is 4.79 Å². The van der Waals surface area contributed by atoms with Crippen molar-refractivity contribution < 1.29 is 19.1 Å². The van der Waals surface area contributed by atoms with Gasteiger partial charge in [0.15, 0.2) is 0 Å². The number of rotatable bonds is 6. The largest absolute Gasteiger partial charge is 0.466 e. The number of ether oxygens (including phenoxy) is 2. The van der Waals surface area contributed by atoms with Gasteiger partial charge in [0.2, 0.25) is 0 Å². The molecule has 1 aromatic carbocycles. The lowest BCUT2D eigenvalue weighted by Gasteiger charge is -2.16. The fourth-order valence-electron chi connectivity index (χ4n) is 2.54. The molecule has 0 saturated heterocycles. The lowest BCUT2D eigenvalue weighted by Crippen LogP contribution is -2.30. The van der Waals surface area contributed by atoms with Crippen molar-refractivity contribution in [2.45, 2.75) is 19.8 Å². The number of amides is 1. The number of aromatic nitrogens is 1. The van der Waals surface area contributed by atoms with Gasteiger partial charge in [-0.05, 0) is 24.6 Å². The molecule has 1 amide bonds. The maximum Gasteiger partial charge on any atom is 0.414 e. The maximum absolute atomic E-state index is 12.3. The van der Waals surface area contributed by atoms with Crippen molar-refractivity contribution in [3.63, 3.8) is 0 Å². The van der Waals surface area contributed by atoms with E-state index in [-0.39, 0.29) is 0 Å². The van der Waals surface area contributed by atoms with Gasteiger partial charge in [0.05, 0.1) is 12.6 Å². The first-order valence-electron chi connectivity index (χ1n) is 8.25. The van der Waals surface area contributed by atoms with Gasteiger partial charge in [0, 0.05) is 43.9 Å². The number of esters is 1. The summed E-state index contributed by atoms with van der Waals surface area (Å²) in [5, 5.41) is 0.780. The molecule has 0 bridgehead atoms. The maximum atomic E-state index is 12.3. The summed E-state index contributed by atoms with van der Waals surface area (Å²) in [5.74, 6) is 0.0294. The summed E-state index contributed by atoms with van der Waals surface area (Å²) in [7, 11) is 4.95. The Kier molecular flexibility index (Phi) is 6.22. The van der Waals surface area contributed by atoms with Crippen molar-refractivity contribution in [1.82, 2.24) is 9.47 Å². The lowest BCUT2D eigenvalue weighted by atomic mass is 10.1. The summed E-state index contributed by atoms with van der Waals surface area (Å²) in [6, 6.07) is 5.52. The Balaban J connectivity index is 2.35. The summed E-state index contributed by atoms with van der Waals surface area (Å²) in [6.07, 6.45) is 6.42. The molecule has 0 saturated carbocycles. The third-order valence-corrected chi connectivity index (χ3v) is 3.96. The zero-order valence-electron chi connectivity index (χ0n) is 15.1. The van der Waals surface area contributed by atoms with Crippen molar-refractivity contribution in [1.29, 1.82) is 0 Å². The van der Waals surface area contributed by atoms with E-state index in [0.717, 1.165) is 29.3 Å². The molecule has 0 N–H and O–H groups in total. The van der Waals surface area contributed by atoms with E-state index in [1.165, 1.54) is 13.2 Å². The van der Waals surface area contributed by atoms with Crippen LogP contribution in [0.3, 0.4) is 0 Å². The Morgan fingerprint density at radius 2 is 2.08 bits per heavy atom. The molecule has 134 valence electrons. The molecule has 1 heterocycles. The summed E-state index contributed by atoms with van der Waals surface area (Å²) >= 11 is 0. The quantitative estimate of drug-likeness (QED) is 0.593. The molecule has 6 nitrogen and oxygen atoms in total. The van der Waals surface area contributed by atoms with Crippen LogP contribution in [0.5, 0.6) is 5.75 Å². The van der Waals surface area contributed by atoms with Crippen molar-refractivity contribution in [3.05, 3.63) is 36.0 Å². The first-order chi connectivity index (χ1) is 12.0. The van der Waals surface area contributed by atoms with Crippen molar-refractivity contribution in [2.75, 3.05) is 20.7 Å². The van der Waals surface area contributed by atoms with E-state index in [4.69, 9.17) is 4.74 Å². The molecular formula is C19H24N2O4. The molecule has 0 fully saturated rings. The molecule has 25 heavy (non-hydrogen) atoms. The molecule has 2 rings (SSSR count). The number of fused-ring (bicyclic) bond motifs is 1. The Morgan fingerprint density at radius 3 is 2.76 bits per heavy atom. The number of nitrogens with zero attached hydrogens (tertiary/aromatic N) is 2. The summed E-state index contributed by atoms with van der Waals surface area (Å²) in [5.41, 5.74) is 1.69. The zero-order chi connectivity index (χ0) is 18.4. The normalized spacial score (nSPS) is 11.0. The van der Waals surface area contributed by atoms with Crippen molar-refractivity contribution in [2.24, 2.45) is 7.05 Å². The Hall–Kier alpha value is -2.76. The van der Waals surface area contributed by atoms with Gasteiger partial charge in [-0.25, -0.2) is 9.59 Å². The number of methoxy groups -OCH3 is 1. The third-order valence-electron chi connectivity index (χ3n) is 3.96. The highest BCUT2D eigenvalue weighted by atomic mass is 16.6. The highest BCUT2D eigenvalue weighted by Crippen LogP contribution is 2.31. The average molecular weight is 344 g/mol. The van der Waals surface area contributed by atoms with Crippen LogP contribution < -0.4 is 4.74 Å². The number of carbonyl (C=O) groups is 2. The van der Waals surface area contributed by atoms with E-state index < -0.39 is 12.1 Å². The molecule has 6 heteroatoms. The topological polar surface area (TPSA) is 60.8 Å². The molecule has 0 aliphatic heterocycles. The van der Waals surface area contributed by atoms with Gasteiger partial charge in [0.25, 0.3) is 0 Å². The highest BCUT2D eigenvalue weighted by Gasteiger charge is 2.16. The van der Waals surface area contributed by atoms with Crippen LogP contribution in [-0.4, -0.2) is 42.2 Å². The number of benzene rings is 1. The molecule has 0 atom stereocenters. The number of carbonyl (C=O) groups excluding carboxylic acids is 2. The predicted octanol–water partition coefficient (Wildman–Crippen LogP) is 3.60. The fourth-order valence-corrected chi connectivity index (χ4v) is 2.54. The zero-order valence-corrected chi connectivity index (χ0v) is 15.1. The second-order valence-electron chi connectivity index (χ2n) is 5.85. The summed E-state index contributed by atoms with van der Waals surface area (Å²) < 4.78 is 12.1. The van der Waals surface area contributed by atoms with Crippen LogP contribution >= 0.6 is 0 Å². The van der Waals surface area contributed by atoms with Crippen LogP contribution in [0.15, 0.2) is 30.5 Å². The number of unbranched alkanes of at least 4 members (excludes halogenated alkanes) is 1. The van der Waals surface area contributed by atoms with Gasteiger partial charge >= 0.3 is 12.1 Å². The van der Waals surface area contributed by atoms with Crippen molar-refractivity contribution >= 4 is 29.0 Å². The van der Waals surface area contributed by atoms with E-state index in [0.29, 0.717) is 12.3 Å². The van der Waals surface area contributed by atoms with E-state index in [9.17, 15) is 9.59 Å². The number of aryl methyl sites for hydroxylation is 1. The van der Waals surface area contributed by atoms with Crippen LogP contribution in [-0.2, 0) is 16.6 Å². The van der Waals surface area contributed by atoms with Crippen LogP contribution in [0.1, 0.15) is 25.3 Å². The molecule has 0 aliphatic rings. The Morgan fingerprint density at radius 1 is 1.32 bits per heavy atom. The SMILES string of the molecule is CCCCN(C)C(=O)Oc1cccc2c1c(/C=C/C(=O)OC)cn2C. The minimum absolute atomic E-state index is 0.396. The van der Waals surface area contributed by atoms with Crippen LogP contribution in [0.2, 0.25) is 0 Å². The minimum Gasteiger partial charge on any atom is -0.466 e. The van der Waals surface area contributed by atoms with Crippen LogP contribution in [0.25, 0.3) is 17.0 Å². The van der Waals surface area contributed by atoms with Gasteiger partial charge in [-0.1, -0.05) is 19.4 Å².